The first-order valence-electron chi connectivity index (χ1n) is 6.17. The number of hydrogen-bond donors (Lipinski definition) is 1. The first kappa shape index (κ1) is 13.1. The molecule has 0 spiro atoms. The largest absolute Gasteiger partial charge is 0.355 e. The third-order valence-corrected chi connectivity index (χ3v) is 3.51. The van der Waals surface area contributed by atoms with Crippen LogP contribution < -0.4 is 10.2 Å². The average molecular weight is 261 g/mol. The lowest BCUT2D eigenvalue weighted by Gasteiger charge is -2.17. The smallest absolute Gasteiger partial charge is 0.128 e. The molecule has 0 aromatic carbocycles. The minimum atomic E-state index is 0.887. The number of anilines is 1. The third kappa shape index (κ3) is 3.55. The SMILES string of the molecule is CCNCc1ccc(N(C)Cc2ccsc2)nc1. The van der Waals surface area contributed by atoms with E-state index in [1.54, 1.807) is 11.3 Å². The molecule has 18 heavy (non-hydrogen) atoms. The van der Waals surface area contributed by atoms with Crippen molar-refractivity contribution >= 4 is 17.2 Å². The van der Waals surface area contributed by atoms with E-state index in [-0.39, 0.29) is 0 Å². The van der Waals surface area contributed by atoms with Crippen LogP contribution in [-0.2, 0) is 13.1 Å². The molecule has 96 valence electrons. The number of pyridine rings is 1. The van der Waals surface area contributed by atoms with Crippen LogP contribution in [-0.4, -0.2) is 18.6 Å². The molecule has 0 saturated carbocycles. The lowest BCUT2D eigenvalue weighted by atomic mass is 10.2. The van der Waals surface area contributed by atoms with Gasteiger partial charge >= 0.3 is 0 Å². The van der Waals surface area contributed by atoms with Gasteiger partial charge in [0.25, 0.3) is 0 Å². The molecule has 0 saturated heterocycles. The molecule has 0 aliphatic carbocycles. The Bertz CT molecular complexity index is 450. The number of rotatable bonds is 6. The topological polar surface area (TPSA) is 28.2 Å². The van der Waals surface area contributed by atoms with Crippen molar-refractivity contribution in [1.29, 1.82) is 0 Å². The molecule has 0 radical (unpaired) electrons. The zero-order chi connectivity index (χ0) is 12.8. The molecule has 2 aromatic heterocycles. The summed E-state index contributed by atoms with van der Waals surface area (Å²) in [5.41, 5.74) is 2.56. The first-order chi connectivity index (χ1) is 8.79. The van der Waals surface area contributed by atoms with Crippen LogP contribution in [0, 0.1) is 0 Å². The van der Waals surface area contributed by atoms with E-state index >= 15 is 0 Å². The van der Waals surface area contributed by atoms with Gasteiger partial charge in [0.05, 0.1) is 0 Å². The van der Waals surface area contributed by atoms with Crippen LogP contribution in [0.2, 0.25) is 0 Å². The van der Waals surface area contributed by atoms with Gasteiger partial charge in [-0.25, -0.2) is 4.98 Å². The van der Waals surface area contributed by atoms with Gasteiger partial charge in [0.2, 0.25) is 0 Å². The van der Waals surface area contributed by atoms with Crippen LogP contribution in [0.5, 0.6) is 0 Å². The molecule has 2 aromatic rings. The third-order valence-electron chi connectivity index (χ3n) is 2.78. The van der Waals surface area contributed by atoms with Gasteiger partial charge in [0.15, 0.2) is 0 Å². The van der Waals surface area contributed by atoms with E-state index in [4.69, 9.17) is 0 Å². The summed E-state index contributed by atoms with van der Waals surface area (Å²) < 4.78 is 0. The Balaban J connectivity index is 1.96. The molecule has 0 bridgehead atoms. The second kappa shape index (κ2) is 6.52. The van der Waals surface area contributed by atoms with Gasteiger partial charge in [-0.15, -0.1) is 0 Å². The summed E-state index contributed by atoms with van der Waals surface area (Å²) in [5, 5.41) is 7.58. The van der Waals surface area contributed by atoms with Gasteiger partial charge in [-0.05, 0) is 40.6 Å². The number of nitrogens with one attached hydrogen (secondary N) is 1. The molecule has 0 fully saturated rings. The Labute approximate surface area is 112 Å². The summed E-state index contributed by atoms with van der Waals surface area (Å²) in [6.45, 7) is 4.89. The van der Waals surface area contributed by atoms with E-state index in [0.717, 1.165) is 25.5 Å². The Hall–Kier alpha value is -1.39. The fourth-order valence-electron chi connectivity index (χ4n) is 1.75. The first-order valence-corrected chi connectivity index (χ1v) is 7.11. The van der Waals surface area contributed by atoms with Gasteiger partial charge in [-0.3, -0.25) is 0 Å². The van der Waals surface area contributed by atoms with E-state index in [9.17, 15) is 0 Å². The summed E-state index contributed by atoms with van der Waals surface area (Å²) in [6.07, 6.45) is 1.95. The second-order valence-electron chi connectivity index (χ2n) is 4.29. The van der Waals surface area contributed by atoms with E-state index < -0.39 is 0 Å². The Morgan fingerprint density at radius 1 is 1.28 bits per heavy atom. The fraction of sp³-hybridized carbons (Fsp3) is 0.357. The maximum atomic E-state index is 4.50. The zero-order valence-electron chi connectivity index (χ0n) is 10.9. The quantitative estimate of drug-likeness (QED) is 0.866. The molecule has 0 aliphatic rings. The fourth-order valence-corrected chi connectivity index (χ4v) is 2.41. The van der Waals surface area contributed by atoms with Crippen LogP contribution in [0.4, 0.5) is 5.82 Å². The van der Waals surface area contributed by atoms with Gasteiger partial charge < -0.3 is 10.2 Å². The molecule has 2 rings (SSSR count). The summed E-state index contributed by atoms with van der Waals surface area (Å²) in [7, 11) is 2.07. The van der Waals surface area contributed by atoms with Crippen LogP contribution in [0.3, 0.4) is 0 Å². The van der Waals surface area contributed by atoms with Crippen molar-refractivity contribution in [3.05, 3.63) is 46.3 Å². The Morgan fingerprint density at radius 3 is 2.78 bits per heavy atom. The summed E-state index contributed by atoms with van der Waals surface area (Å²) >= 11 is 1.73. The molecular weight excluding hydrogens is 242 g/mol. The van der Waals surface area contributed by atoms with Crippen molar-refractivity contribution in [2.24, 2.45) is 0 Å². The molecular formula is C14H19N3S. The van der Waals surface area contributed by atoms with Crippen LogP contribution in [0.15, 0.2) is 35.2 Å². The summed E-state index contributed by atoms with van der Waals surface area (Å²) in [4.78, 5) is 6.67. The number of hydrogen-bond acceptors (Lipinski definition) is 4. The van der Waals surface area contributed by atoms with Crippen LogP contribution >= 0.6 is 11.3 Å². The molecule has 0 aliphatic heterocycles. The predicted octanol–water partition coefficient (Wildman–Crippen LogP) is 2.89. The summed E-state index contributed by atoms with van der Waals surface area (Å²) in [6, 6.07) is 6.37. The van der Waals surface area contributed by atoms with E-state index in [1.807, 2.05) is 6.20 Å². The standard InChI is InChI=1S/C14H19N3S/c1-3-15-8-12-4-5-14(16-9-12)17(2)10-13-6-7-18-11-13/h4-7,9,11,15H,3,8,10H2,1-2H3. The number of nitrogens with zero attached hydrogens (tertiary/aromatic N) is 2. The highest BCUT2D eigenvalue weighted by molar-refractivity contribution is 7.07. The van der Waals surface area contributed by atoms with Crippen molar-refractivity contribution in [2.75, 3.05) is 18.5 Å². The van der Waals surface area contributed by atoms with Crippen molar-refractivity contribution in [3.63, 3.8) is 0 Å². The van der Waals surface area contributed by atoms with Crippen LogP contribution in [0.25, 0.3) is 0 Å². The molecule has 0 unspecified atom stereocenters. The van der Waals surface area contributed by atoms with Crippen molar-refractivity contribution in [1.82, 2.24) is 10.3 Å². The molecule has 1 N–H and O–H groups in total. The maximum Gasteiger partial charge on any atom is 0.128 e. The summed E-state index contributed by atoms with van der Waals surface area (Å²) in [5.74, 6) is 1.02. The monoisotopic (exact) mass is 261 g/mol. The number of aromatic nitrogens is 1. The Morgan fingerprint density at radius 2 is 2.17 bits per heavy atom. The van der Waals surface area contributed by atoms with Gasteiger partial charge in [-0.2, -0.15) is 11.3 Å². The average Bonchev–Trinajstić information content (AvgIpc) is 2.89. The van der Waals surface area contributed by atoms with Gasteiger partial charge in [0.1, 0.15) is 5.82 Å². The van der Waals surface area contributed by atoms with E-state index in [0.29, 0.717) is 0 Å². The van der Waals surface area contributed by atoms with Gasteiger partial charge in [-0.1, -0.05) is 13.0 Å². The molecule has 0 amide bonds. The highest BCUT2D eigenvalue weighted by Gasteiger charge is 2.03. The minimum Gasteiger partial charge on any atom is -0.355 e. The van der Waals surface area contributed by atoms with Gasteiger partial charge in [0, 0.05) is 26.3 Å². The second-order valence-corrected chi connectivity index (χ2v) is 5.07. The predicted molar refractivity (Wildman–Crippen MR) is 78.0 cm³/mol. The number of thiophene rings is 1. The molecule has 0 atom stereocenters. The lowest BCUT2D eigenvalue weighted by molar-refractivity contribution is 0.724. The van der Waals surface area contributed by atoms with E-state index in [1.165, 1.54) is 11.1 Å². The lowest BCUT2D eigenvalue weighted by Crippen LogP contribution is -2.17. The normalized spacial score (nSPS) is 10.6. The molecule has 2 heterocycles. The highest BCUT2D eigenvalue weighted by Crippen LogP contribution is 2.14. The minimum absolute atomic E-state index is 0.887. The maximum absolute atomic E-state index is 4.50. The van der Waals surface area contributed by atoms with Crippen molar-refractivity contribution < 1.29 is 0 Å². The van der Waals surface area contributed by atoms with Crippen LogP contribution in [0.1, 0.15) is 18.1 Å². The van der Waals surface area contributed by atoms with E-state index in [2.05, 4.69) is 58.1 Å². The Kier molecular flexibility index (Phi) is 4.73. The zero-order valence-corrected chi connectivity index (χ0v) is 11.7. The highest BCUT2D eigenvalue weighted by atomic mass is 32.1. The molecule has 3 nitrogen and oxygen atoms in total. The van der Waals surface area contributed by atoms with Crippen molar-refractivity contribution in [2.45, 2.75) is 20.0 Å². The molecule has 4 heteroatoms. The van der Waals surface area contributed by atoms with Crippen molar-refractivity contribution in [3.8, 4) is 0 Å².